The summed E-state index contributed by atoms with van der Waals surface area (Å²) in [5.41, 5.74) is 0.907. The van der Waals surface area contributed by atoms with Crippen LogP contribution in [-0.2, 0) is 16.1 Å². The molecule has 1 N–H and O–H groups in total. The zero-order valence-corrected chi connectivity index (χ0v) is 20.3. The van der Waals surface area contributed by atoms with Gasteiger partial charge in [-0.05, 0) is 72.6 Å². The van der Waals surface area contributed by atoms with E-state index in [1.165, 1.54) is 4.90 Å². The lowest BCUT2D eigenvalue weighted by Crippen LogP contribution is -2.50. The van der Waals surface area contributed by atoms with Gasteiger partial charge in [0.25, 0.3) is 5.91 Å². The first-order valence-electron chi connectivity index (χ1n) is 9.09. The standard InChI is InChI=1S/C21H23Br2ClN2O3/c1-13(2)25-21(28)14(3)26(11-15-5-4-6-16(22)9-15)20(27)12-29-19-8-7-17(24)10-18(19)23/h4-10,13-14H,11-12H2,1-3H3,(H,25,28)/t14-/m1/s1. The lowest BCUT2D eigenvalue weighted by Gasteiger charge is -2.29. The highest BCUT2D eigenvalue weighted by Crippen LogP contribution is 2.28. The van der Waals surface area contributed by atoms with Gasteiger partial charge in [0.1, 0.15) is 11.8 Å². The molecule has 2 amide bonds. The molecule has 0 fully saturated rings. The average Bonchev–Trinajstić information content (AvgIpc) is 2.64. The first-order chi connectivity index (χ1) is 13.7. The van der Waals surface area contributed by atoms with Crippen LogP contribution in [0.1, 0.15) is 26.3 Å². The monoisotopic (exact) mass is 544 g/mol. The highest BCUT2D eigenvalue weighted by atomic mass is 79.9. The summed E-state index contributed by atoms with van der Waals surface area (Å²) in [7, 11) is 0. The summed E-state index contributed by atoms with van der Waals surface area (Å²) in [5, 5.41) is 3.42. The quantitative estimate of drug-likeness (QED) is 0.496. The van der Waals surface area contributed by atoms with Gasteiger partial charge in [-0.3, -0.25) is 9.59 Å². The SMILES string of the molecule is CC(C)NC(=O)[C@@H](C)N(Cc1cccc(Br)c1)C(=O)COc1ccc(Cl)cc1Br. The van der Waals surface area contributed by atoms with E-state index in [0.29, 0.717) is 15.2 Å². The number of hydrogen-bond donors (Lipinski definition) is 1. The molecule has 0 bridgehead atoms. The first kappa shape index (κ1) is 23.7. The van der Waals surface area contributed by atoms with Crippen molar-refractivity contribution in [3.05, 3.63) is 62.0 Å². The van der Waals surface area contributed by atoms with Crippen LogP contribution < -0.4 is 10.1 Å². The topological polar surface area (TPSA) is 58.6 Å². The van der Waals surface area contributed by atoms with Crippen molar-refractivity contribution in [3.8, 4) is 5.75 Å². The van der Waals surface area contributed by atoms with Gasteiger partial charge in [-0.1, -0.05) is 39.7 Å². The summed E-state index contributed by atoms with van der Waals surface area (Å²) >= 11 is 12.8. The fraction of sp³-hybridized carbons (Fsp3) is 0.333. The maximum Gasteiger partial charge on any atom is 0.261 e. The lowest BCUT2D eigenvalue weighted by atomic mass is 10.1. The molecule has 0 aliphatic carbocycles. The van der Waals surface area contributed by atoms with E-state index in [-0.39, 0.29) is 31.0 Å². The van der Waals surface area contributed by atoms with Gasteiger partial charge in [0.2, 0.25) is 5.91 Å². The minimum atomic E-state index is -0.652. The maximum atomic E-state index is 13.0. The van der Waals surface area contributed by atoms with Crippen molar-refractivity contribution in [2.24, 2.45) is 0 Å². The summed E-state index contributed by atoms with van der Waals surface area (Å²) in [6.45, 7) is 5.56. The predicted octanol–water partition coefficient (Wildman–Crippen LogP) is 5.19. The molecule has 5 nitrogen and oxygen atoms in total. The van der Waals surface area contributed by atoms with E-state index in [2.05, 4.69) is 37.2 Å². The second-order valence-electron chi connectivity index (χ2n) is 6.85. The fourth-order valence-corrected chi connectivity index (χ4v) is 3.88. The number of carbonyl (C=O) groups is 2. The smallest absolute Gasteiger partial charge is 0.261 e. The Morgan fingerprint density at radius 3 is 2.48 bits per heavy atom. The summed E-state index contributed by atoms with van der Waals surface area (Å²) in [6.07, 6.45) is 0. The Morgan fingerprint density at radius 2 is 1.86 bits per heavy atom. The molecule has 0 aliphatic heterocycles. The van der Waals surface area contributed by atoms with Gasteiger partial charge in [-0.15, -0.1) is 0 Å². The van der Waals surface area contributed by atoms with Crippen molar-refractivity contribution < 1.29 is 14.3 Å². The molecule has 0 unspecified atom stereocenters. The molecule has 0 heterocycles. The molecular weight excluding hydrogens is 524 g/mol. The number of benzene rings is 2. The van der Waals surface area contributed by atoms with Crippen LogP contribution in [0.25, 0.3) is 0 Å². The first-order valence-corrected chi connectivity index (χ1v) is 11.1. The molecule has 0 radical (unpaired) electrons. The van der Waals surface area contributed by atoms with Crippen molar-refractivity contribution in [1.29, 1.82) is 0 Å². The van der Waals surface area contributed by atoms with Crippen molar-refractivity contribution in [1.82, 2.24) is 10.2 Å². The number of carbonyl (C=O) groups excluding carboxylic acids is 2. The molecule has 2 aromatic rings. The van der Waals surface area contributed by atoms with Gasteiger partial charge in [-0.25, -0.2) is 0 Å². The molecule has 0 aliphatic rings. The van der Waals surface area contributed by atoms with Crippen LogP contribution in [0, 0.1) is 0 Å². The molecule has 8 heteroatoms. The average molecular weight is 547 g/mol. The Bertz CT molecular complexity index is 877. The van der Waals surface area contributed by atoms with E-state index in [9.17, 15) is 9.59 Å². The Hall–Kier alpha value is -1.57. The number of nitrogens with one attached hydrogen (secondary N) is 1. The zero-order valence-electron chi connectivity index (χ0n) is 16.4. The Morgan fingerprint density at radius 1 is 1.14 bits per heavy atom. The van der Waals surface area contributed by atoms with Gasteiger partial charge in [0.05, 0.1) is 4.47 Å². The fourth-order valence-electron chi connectivity index (χ4n) is 2.63. The molecule has 0 spiro atoms. The second-order valence-corrected chi connectivity index (χ2v) is 9.06. The number of nitrogens with zero attached hydrogens (tertiary/aromatic N) is 1. The number of hydrogen-bond acceptors (Lipinski definition) is 3. The van der Waals surface area contributed by atoms with Crippen LogP contribution >= 0.6 is 43.5 Å². The second kappa shape index (κ2) is 11.0. The number of halogens is 3. The summed E-state index contributed by atoms with van der Waals surface area (Å²) < 4.78 is 7.23. The molecule has 2 aromatic carbocycles. The zero-order chi connectivity index (χ0) is 21.6. The lowest BCUT2D eigenvalue weighted by molar-refractivity contribution is -0.142. The van der Waals surface area contributed by atoms with E-state index < -0.39 is 6.04 Å². The van der Waals surface area contributed by atoms with Gasteiger partial charge in [0.15, 0.2) is 6.61 Å². The number of amides is 2. The van der Waals surface area contributed by atoms with Crippen LogP contribution in [-0.4, -0.2) is 35.4 Å². The molecule has 2 rings (SSSR count). The molecule has 0 aromatic heterocycles. The number of rotatable bonds is 8. The summed E-state index contributed by atoms with van der Waals surface area (Å²) in [4.78, 5) is 27.0. The molecule has 0 saturated heterocycles. The van der Waals surface area contributed by atoms with Crippen molar-refractivity contribution >= 4 is 55.3 Å². The van der Waals surface area contributed by atoms with Crippen molar-refractivity contribution in [2.45, 2.75) is 39.4 Å². The van der Waals surface area contributed by atoms with Crippen LogP contribution in [0.15, 0.2) is 51.4 Å². The third-order valence-electron chi connectivity index (χ3n) is 4.09. The third kappa shape index (κ3) is 7.32. The van der Waals surface area contributed by atoms with Crippen LogP contribution in [0.3, 0.4) is 0 Å². The Kier molecular flexibility index (Phi) is 8.99. The Balaban J connectivity index is 2.17. The van der Waals surface area contributed by atoms with Crippen molar-refractivity contribution in [3.63, 3.8) is 0 Å². The van der Waals surface area contributed by atoms with E-state index in [1.807, 2.05) is 38.1 Å². The molecule has 1 atom stereocenters. The molecule has 156 valence electrons. The Labute approximate surface area is 193 Å². The minimum Gasteiger partial charge on any atom is -0.483 e. The van der Waals surface area contributed by atoms with Crippen LogP contribution in [0.4, 0.5) is 0 Å². The number of ether oxygens (including phenoxy) is 1. The molecular formula is C21H23Br2ClN2O3. The van der Waals surface area contributed by atoms with Gasteiger partial charge < -0.3 is 15.0 Å². The summed E-state index contributed by atoms with van der Waals surface area (Å²) in [5.74, 6) is -0.00121. The molecule has 0 saturated carbocycles. The van der Waals surface area contributed by atoms with Gasteiger partial charge >= 0.3 is 0 Å². The van der Waals surface area contributed by atoms with Gasteiger partial charge in [-0.2, -0.15) is 0 Å². The van der Waals surface area contributed by atoms with E-state index in [1.54, 1.807) is 25.1 Å². The minimum absolute atomic E-state index is 0.0194. The van der Waals surface area contributed by atoms with Crippen LogP contribution in [0.2, 0.25) is 5.02 Å². The highest BCUT2D eigenvalue weighted by molar-refractivity contribution is 9.10. The normalized spacial score (nSPS) is 11.8. The third-order valence-corrected chi connectivity index (χ3v) is 5.43. The highest BCUT2D eigenvalue weighted by Gasteiger charge is 2.27. The van der Waals surface area contributed by atoms with Crippen LogP contribution in [0.5, 0.6) is 5.75 Å². The van der Waals surface area contributed by atoms with Gasteiger partial charge in [0, 0.05) is 22.1 Å². The maximum absolute atomic E-state index is 13.0. The predicted molar refractivity (Wildman–Crippen MR) is 122 cm³/mol. The van der Waals surface area contributed by atoms with E-state index >= 15 is 0 Å². The largest absolute Gasteiger partial charge is 0.483 e. The van der Waals surface area contributed by atoms with Crippen molar-refractivity contribution in [2.75, 3.05) is 6.61 Å². The summed E-state index contributed by atoms with van der Waals surface area (Å²) in [6, 6.07) is 12.0. The molecule has 29 heavy (non-hydrogen) atoms. The van der Waals surface area contributed by atoms with E-state index in [0.717, 1.165) is 10.0 Å². The van der Waals surface area contributed by atoms with E-state index in [4.69, 9.17) is 16.3 Å².